The van der Waals surface area contributed by atoms with E-state index in [2.05, 4.69) is 15.8 Å². The van der Waals surface area contributed by atoms with Crippen LogP contribution in [0.2, 0.25) is 5.02 Å². The molecule has 0 unspecified atom stereocenters. The van der Waals surface area contributed by atoms with Crippen LogP contribution in [0.5, 0.6) is 0 Å². The Balaban J connectivity index is 1.64. The van der Waals surface area contributed by atoms with E-state index in [1.165, 1.54) is 18.3 Å². The van der Waals surface area contributed by atoms with Crippen LogP contribution >= 0.6 is 11.6 Å². The van der Waals surface area contributed by atoms with Gasteiger partial charge >= 0.3 is 6.03 Å². The van der Waals surface area contributed by atoms with Crippen molar-refractivity contribution in [2.75, 3.05) is 5.32 Å². The number of para-hydroxylation sites is 1. The zero-order valence-corrected chi connectivity index (χ0v) is 14.5. The summed E-state index contributed by atoms with van der Waals surface area (Å²) in [6.45, 7) is 0. The third-order valence-corrected chi connectivity index (χ3v) is 3.76. The number of halogens is 1. The van der Waals surface area contributed by atoms with Gasteiger partial charge in [-0.2, -0.15) is 5.10 Å². The Morgan fingerprint density at radius 3 is 2.67 bits per heavy atom. The number of urea groups is 1. The molecule has 136 valence electrons. The SMILES string of the molecule is O=C(NN=Cc1ccc(-c2ccc(Cl)c([N+](=O)[O-])c2)o1)Nc1ccccc1. The number of carbonyl (C=O) groups excluding carboxylic acids is 1. The van der Waals surface area contributed by atoms with Gasteiger partial charge in [0.25, 0.3) is 5.69 Å². The second kappa shape index (κ2) is 8.15. The van der Waals surface area contributed by atoms with Gasteiger partial charge in [-0.15, -0.1) is 0 Å². The first kappa shape index (κ1) is 18.2. The fourth-order valence-electron chi connectivity index (χ4n) is 2.22. The zero-order chi connectivity index (χ0) is 19.2. The molecule has 3 aromatic rings. The van der Waals surface area contributed by atoms with E-state index in [1.807, 2.05) is 6.07 Å². The molecule has 2 N–H and O–H groups in total. The molecule has 0 spiro atoms. The lowest BCUT2D eigenvalue weighted by atomic mass is 10.1. The van der Waals surface area contributed by atoms with E-state index in [-0.39, 0.29) is 10.7 Å². The van der Waals surface area contributed by atoms with Crippen molar-refractivity contribution in [3.8, 4) is 11.3 Å². The fourth-order valence-corrected chi connectivity index (χ4v) is 2.40. The van der Waals surface area contributed by atoms with Gasteiger partial charge in [-0.25, -0.2) is 10.2 Å². The smallest absolute Gasteiger partial charge is 0.339 e. The van der Waals surface area contributed by atoms with Crippen LogP contribution in [0.1, 0.15) is 5.76 Å². The molecule has 27 heavy (non-hydrogen) atoms. The van der Waals surface area contributed by atoms with Crippen LogP contribution in [0.25, 0.3) is 11.3 Å². The van der Waals surface area contributed by atoms with Gasteiger partial charge in [0, 0.05) is 17.3 Å². The summed E-state index contributed by atoms with van der Waals surface area (Å²) in [6.07, 6.45) is 1.32. The molecule has 0 saturated heterocycles. The Morgan fingerprint density at radius 2 is 1.93 bits per heavy atom. The van der Waals surface area contributed by atoms with Crippen molar-refractivity contribution in [2.45, 2.75) is 0 Å². The van der Waals surface area contributed by atoms with E-state index >= 15 is 0 Å². The van der Waals surface area contributed by atoms with Crippen LogP contribution in [0.4, 0.5) is 16.2 Å². The maximum atomic E-state index is 11.7. The van der Waals surface area contributed by atoms with Crippen molar-refractivity contribution in [1.29, 1.82) is 0 Å². The number of furan rings is 1. The molecule has 2 amide bonds. The third-order valence-electron chi connectivity index (χ3n) is 3.44. The predicted octanol–water partition coefficient (Wildman–Crippen LogP) is 4.66. The molecule has 3 rings (SSSR count). The maximum absolute atomic E-state index is 11.7. The highest BCUT2D eigenvalue weighted by Crippen LogP contribution is 2.30. The highest BCUT2D eigenvalue weighted by atomic mass is 35.5. The Labute approximate surface area is 158 Å². The molecule has 0 radical (unpaired) electrons. The number of nitrogens with one attached hydrogen (secondary N) is 2. The summed E-state index contributed by atoms with van der Waals surface area (Å²) < 4.78 is 5.56. The lowest BCUT2D eigenvalue weighted by Crippen LogP contribution is -2.24. The first-order valence-corrected chi connectivity index (χ1v) is 8.10. The minimum absolute atomic E-state index is 0.0470. The molecule has 1 aromatic heterocycles. The number of amides is 2. The average molecular weight is 385 g/mol. The lowest BCUT2D eigenvalue weighted by Gasteiger charge is -2.02. The Hall–Kier alpha value is -3.65. The average Bonchev–Trinajstić information content (AvgIpc) is 3.11. The zero-order valence-electron chi connectivity index (χ0n) is 13.8. The van der Waals surface area contributed by atoms with E-state index in [4.69, 9.17) is 16.0 Å². The summed E-state index contributed by atoms with van der Waals surface area (Å²) in [5.74, 6) is 0.771. The minimum atomic E-state index is -0.563. The van der Waals surface area contributed by atoms with Crippen LogP contribution < -0.4 is 10.7 Å². The Bertz CT molecular complexity index is 1000. The van der Waals surface area contributed by atoms with Gasteiger partial charge in [-0.05, 0) is 36.4 Å². The van der Waals surface area contributed by atoms with Gasteiger partial charge in [-0.3, -0.25) is 10.1 Å². The molecule has 0 bridgehead atoms. The van der Waals surface area contributed by atoms with E-state index in [9.17, 15) is 14.9 Å². The molecule has 0 atom stereocenters. The van der Waals surface area contributed by atoms with E-state index in [0.717, 1.165) is 0 Å². The van der Waals surface area contributed by atoms with Crippen molar-refractivity contribution < 1.29 is 14.1 Å². The molecule has 0 aliphatic rings. The van der Waals surface area contributed by atoms with Crippen LogP contribution in [-0.4, -0.2) is 17.2 Å². The number of nitro groups is 1. The Morgan fingerprint density at radius 1 is 1.15 bits per heavy atom. The minimum Gasteiger partial charge on any atom is -0.455 e. The number of anilines is 1. The van der Waals surface area contributed by atoms with Crippen LogP contribution in [0.15, 0.2) is 70.2 Å². The highest BCUT2D eigenvalue weighted by Gasteiger charge is 2.15. The molecule has 0 aliphatic heterocycles. The van der Waals surface area contributed by atoms with E-state index < -0.39 is 11.0 Å². The second-order valence-corrected chi connectivity index (χ2v) is 5.72. The lowest BCUT2D eigenvalue weighted by molar-refractivity contribution is -0.384. The first-order chi connectivity index (χ1) is 13.0. The van der Waals surface area contributed by atoms with Crippen molar-refractivity contribution >= 4 is 35.2 Å². The number of hydrogen-bond donors (Lipinski definition) is 2. The van der Waals surface area contributed by atoms with Gasteiger partial charge < -0.3 is 9.73 Å². The number of nitro benzene ring substituents is 1. The van der Waals surface area contributed by atoms with Gasteiger partial charge in [0.05, 0.1) is 11.1 Å². The maximum Gasteiger partial charge on any atom is 0.339 e. The van der Waals surface area contributed by atoms with Crippen molar-refractivity contribution in [1.82, 2.24) is 5.43 Å². The number of hydrogen-bond acceptors (Lipinski definition) is 5. The largest absolute Gasteiger partial charge is 0.455 e. The van der Waals surface area contributed by atoms with Crippen LogP contribution in [0, 0.1) is 10.1 Å². The normalized spacial score (nSPS) is 10.7. The summed E-state index contributed by atoms with van der Waals surface area (Å²) in [7, 11) is 0. The monoisotopic (exact) mass is 384 g/mol. The second-order valence-electron chi connectivity index (χ2n) is 5.32. The molecular weight excluding hydrogens is 372 g/mol. The molecule has 9 heteroatoms. The Kier molecular flexibility index (Phi) is 5.48. The van der Waals surface area contributed by atoms with Gasteiger partial charge in [0.15, 0.2) is 0 Å². The quantitative estimate of drug-likeness (QED) is 0.378. The van der Waals surface area contributed by atoms with Crippen molar-refractivity contribution in [2.24, 2.45) is 5.10 Å². The van der Waals surface area contributed by atoms with Crippen molar-refractivity contribution in [3.63, 3.8) is 0 Å². The van der Waals surface area contributed by atoms with Crippen molar-refractivity contribution in [3.05, 3.63) is 81.6 Å². The van der Waals surface area contributed by atoms with Crippen LogP contribution in [0.3, 0.4) is 0 Å². The van der Waals surface area contributed by atoms with Gasteiger partial charge in [-0.1, -0.05) is 29.8 Å². The number of nitrogens with zero attached hydrogens (tertiary/aromatic N) is 2. The van der Waals surface area contributed by atoms with Gasteiger partial charge in [0.1, 0.15) is 16.5 Å². The summed E-state index contributed by atoms with van der Waals surface area (Å²) in [4.78, 5) is 22.1. The molecular formula is C18H13ClN4O4. The number of carbonyl (C=O) groups is 1. The number of hydrazone groups is 1. The molecule has 0 saturated carbocycles. The third kappa shape index (κ3) is 4.71. The van der Waals surface area contributed by atoms with E-state index in [0.29, 0.717) is 22.8 Å². The summed E-state index contributed by atoms with van der Waals surface area (Å²) in [5.41, 5.74) is 3.24. The predicted molar refractivity (Wildman–Crippen MR) is 102 cm³/mol. The molecule has 8 nitrogen and oxygen atoms in total. The summed E-state index contributed by atoms with van der Waals surface area (Å²) in [6, 6.07) is 16.0. The van der Waals surface area contributed by atoms with E-state index in [1.54, 1.807) is 42.5 Å². The number of benzene rings is 2. The molecule has 0 aliphatic carbocycles. The number of rotatable bonds is 5. The topological polar surface area (TPSA) is 110 Å². The molecule has 2 aromatic carbocycles. The molecule has 1 heterocycles. The first-order valence-electron chi connectivity index (χ1n) is 7.72. The van der Waals surface area contributed by atoms with Gasteiger partial charge in [0.2, 0.25) is 0 Å². The summed E-state index contributed by atoms with van der Waals surface area (Å²) in [5, 5.41) is 17.4. The van der Waals surface area contributed by atoms with Crippen LogP contribution in [-0.2, 0) is 0 Å². The summed E-state index contributed by atoms with van der Waals surface area (Å²) >= 11 is 5.80. The fraction of sp³-hybridized carbons (Fsp3) is 0. The molecule has 0 fully saturated rings. The standard InChI is InChI=1S/C18H13ClN4O4/c19-15-8-6-12(10-16(15)23(25)26)17-9-7-14(27-17)11-20-22-18(24)21-13-4-2-1-3-5-13/h1-11H,(H2,21,22,24). The highest BCUT2D eigenvalue weighted by molar-refractivity contribution is 6.32.